The summed E-state index contributed by atoms with van der Waals surface area (Å²) in [7, 11) is -4.01. The number of sulfonamides is 1. The van der Waals surface area contributed by atoms with Gasteiger partial charge in [-0.1, -0.05) is 0 Å². The lowest BCUT2D eigenvalue weighted by atomic mass is 10.2. The highest BCUT2D eigenvalue weighted by molar-refractivity contribution is 7.89. The van der Waals surface area contributed by atoms with Gasteiger partial charge in [0.05, 0.1) is 29.6 Å². The smallest absolute Gasteiger partial charge is 0.306 e. The molecule has 0 atom stereocenters. The number of ether oxygens (including phenoxy) is 1. The maximum atomic E-state index is 13.5. The third-order valence-corrected chi connectivity index (χ3v) is 3.93. The van der Waals surface area contributed by atoms with E-state index in [1.807, 2.05) is 0 Å². The average Bonchev–Trinajstić information content (AvgIpc) is 2.40. The van der Waals surface area contributed by atoms with Crippen molar-refractivity contribution in [3.05, 3.63) is 33.6 Å². The van der Waals surface area contributed by atoms with E-state index in [0.717, 1.165) is 6.07 Å². The Morgan fingerprint density at radius 1 is 1.43 bits per heavy atom. The summed E-state index contributed by atoms with van der Waals surface area (Å²) in [6.45, 7) is 1.08. The van der Waals surface area contributed by atoms with Crippen LogP contribution in [-0.2, 0) is 14.8 Å². The Balaban J connectivity index is 2.91. The summed E-state index contributed by atoms with van der Waals surface area (Å²) in [5.41, 5.74) is -1.03. The minimum Gasteiger partial charge on any atom is -0.394 e. The molecule has 1 aromatic rings. The predicted octanol–water partition coefficient (Wildman–Crippen LogP) is 0.330. The van der Waals surface area contributed by atoms with Crippen molar-refractivity contribution in [1.82, 2.24) is 4.72 Å². The zero-order valence-electron chi connectivity index (χ0n) is 11.2. The van der Waals surface area contributed by atoms with Crippen LogP contribution in [0.3, 0.4) is 0 Å². The number of aliphatic hydroxyl groups is 1. The second kappa shape index (κ2) is 7.41. The van der Waals surface area contributed by atoms with Gasteiger partial charge in [0, 0.05) is 12.6 Å². The van der Waals surface area contributed by atoms with Crippen molar-refractivity contribution in [3.8, 4) is 0 Å². The molecule has 0 saturated carbocycles. The molecule has 118 valence electrons. The first-order chi connectivity index (χ1) is 9.79. The minimum atomic E-state index is -4.01. The average molecular weight is 322 g/mol. The molecule has 8 nitrogen and oxygen atoms in total. The van der Waals surface area contributed by atoms with Gasteiger partial charge in [-0.2, -0.15) is 4.39 Å². The number of aryl methyl sites for hydroxylation is 1. The van der Waals surface area contributed by atoms with Gasteiger partial charge in [-0.05, 0) is 18.6 Å². The number of nitro benzene ring substituents is 1. The fourth-order valence-electron chi connectivity index (χ4n) is 1.50. The van der Waals surface area contributed by atoms with Crippen molar-refractivity contribution in [2.75, 3.05) is 26.4 Å². The number of aliphatic hydroxyl groups excluding tert-OH is 1. The van der Waals surface area contributed by atoms with Crippen molar-refractivity contribution >= 4 is 15.7 Å². The number of nitro groups is 1. The van der Waals surface area contributed by atoms with Crippen LogP contribution in [0.15, 0.2) is 17.0 Å². The number of hydrogen-bond acceptors (Lipinski definition) is 6. The molecular weight excluding hydrogens is 307 g/mol. The van der Waals surface area contributed by atoms with E-state index in [1.54, 1.807) is 0 Å². The molecule has 0 amide bonds. The lowest BCUT2D eigenvalue weighted by Crippen LogP contribution is -2.28. The zero-order chi connectivity index (χ0) is 16.0. The molecule has 0 fully saturated rings. The van der Waals surface area contributed by atoms with E-state index >= 15 is 0 Å². The largest absolute Gasteiger partial charge is 0.394 e. The number of nitrogens with one attached hydrogen (secondary N) is 1. The number of benzene rings is 1. The van der Waals surface area contributed by atoms with Crippen LogP contribution in [0.25, 0.3) is 0 Å². The highest BCUT2D eigenvalue weighted by Crippen LogP contribution is 2.24. The maximum absolute atomic E-state index is 13.5. The van der Waals surface area contributed by atoms with E-state index in [0.29, 0.717) is 6.07 Å². The predicted molar refractivity (Wildman–Crippen MR) is 70.9 cm³/mol. The van der Waals surface area contributed by atoms with Gasteiger partial charge in [0.1, 0.15) is 0 Å². The summed E-state index contributed by atoms with van der Waals surface area (Å²) in [4.78, 5) is 9.32. The first kappa shape index (κ1) is 17.4. The third kappa shape index (κ3) is 4.70. The van der Waals surface area contributed by atoms with Crippen LogP contribution < -0.4 is 4.72 Å². The molecule has 0 spiro atoms. The molecule has 0 radical (unpaired) electrons. The molecule has 0 unspecified atom stereocenters. The molecular formula is C11H15FN2O6S. The van der Waals surface area contributed by atoms with Gasteiger partial charge in [-0.3, -0.25) is 10.1 Å². The molecule has 0 aliphatic rings. The molecule has 1 rings (SSSR count). The number of rotatable bonds is 8. The van der Waals surface area contributed by atoms with Crippen LogP contribution in [0.5, 0.6) is 0 Å². The summed E-state index contributed by atoms with van der Waals surface area (Å²) in [6, 6.07) is 1.68. The van der Waals surface area contributed by atoms with Gasteiger partial charge in [-0.25, -0.2) is 13.1 Å². The minimum absolute atomic E-state index is 0.0298. The van der Waals surface area contributed by atoms with Gasteiger partial charge in [-0.15, -0.1) is 0 Å². The lowest BCUT2D eigenvalue weighted by molar-refractivity contribution is -0.387. The molecule has 0 saturated heterocycles. The van der Waals surface area contributed by atoms with Crippen LogP contribution in [0, 0.1) is 22.9 Å². The molecule has 0 bridgehead atoms. The van der Waals surface area contributed by atoms with E-state index in [1.165, 1.54) is 6.92 Å². The van der Waals surface area contributed by atoms with E-state index in [2.05, 4.69) is 4.72 Å². The Labute approximate surface area is 120 Å². The topological polar surface area (TPSA) is 119 Å². The highest BCUT2D eigenvalue weighted by atomic mass is 32.2. The van der Waals surface area contributed by atoms with E-state index in [4.69, 9.17) is 9.84 Å². The molecule has 21 heavy (non-hydrogen) atoms. The summed E-state index contributed by atoms with van der Waals surface area (Å²) in [5, 5.41) is 19.2. The molecule has 0 heterocycles. The highest BCUT2D eigenvalue weighted by Gasteiger charge is 2.23. The lowest BCUT2D eigenvalue weighted by Gasteiger charge is -2.08. The van der Waals surface area contributed by atoms with Crippen molar-refractivity contribution < 1.29 is 27.6 Å². The van der Waals surface area contributed by atoms with Gasteiger partial charge in [0.15, 0.2) is 0 Å². The maximum Gasteiger partial charge on any atom is 0.306 e. The monoisotopic (exact) mass is 322 g/mol. The van der Waals surface area contributed by atoms with Crippen LogP contribution in [0.4, 0.5) is 10.1 Å². The Kier molecular flexibility index (Phi) is 6.15. The van der Waals surface area contributed by atoms with E-state index < -0.39 is 31.3 Å². The molecule has 0 aliphatic heterocycles. The van der Waals surface area contributed by atoms with Crippen LogP contribution >= 0.6 is 0 Å². The van der Waals surface area contributed by atoms with E-state index in [9.17, 15) is 22.9 Å². The first-order valence-electron chi connectivity index (χ1n) is 5.92. The normalized spacial score (nSPS) is 11.6. The Morgan fingerprint density at radius 2 is 2.10 bits per heavy atom. The molecule has 2 N–H and O–H groups in total. The van der Waals surface area contributed by atoms with E-state index in [-0.39, 0.29) is 31.9 Å². The Bertz CT molecular complexity index is 619. The fourth-order valence-corrected chi connectivity index (χ4v) is 2.62. The second-order valence-corrected chi connectivity index (χ2v) is 5.83. The number of halogens is 1. The van der Waals surface area contributed by atoms with Crippen LogP contribution in [-0.4, -0.2) is 44.8 Å². The zero-order valence-corrected chi connectivity index (χ0v) is 12.0. The Morgan fingerprint density at radius 3 is 2.67 bits per heavy atom. The van der Waals surface area contributed by atoms with Crippen molar-refractivity contribution in [1.29, 1.82) is 0 Å². The molecule has 10 heteroatoms. The number of hydrogen-bond donors (Lipinski definition) is 2. The third-order valence-electron chi connectivity index (χ3n) is 2.49. The summed E-state index contributed by atoms with van der Waals surface area (Å²) < 4.78 is 44.4. The SMILES string of the molecule is Cc1cc(S(=O)(=O)NCCOCCO)cc([N+](=O)[O-])c1F. The van der Waals surface area contributed by atoms with Crippen molar-refractivity contribution in [2.24, 2.45) is 0 Å². The van der Waals surface area contributed by atoms with Crippen molar-refractivity contribution in [3.63, 3.8) is 0 Å². The van der Waals surface area contributed by atoms with Crippen molar-refractivity contribution in [2.45, 2.75) is 11.8 Å². The van der Waals surface area contributed by atoms with Gasteiger partial charge in [0.2, 0.25) is 15.8 Å². The number of nitrogens with zero attached hydrogens (tertiary/aromatic N) is 1. The Hall–Kier alpha value is -1.62. The van der Waals surface area contributed by atoms with Crippen LogP contribution in [0.2, 0.25) is 0 Å². The van der Waals surface area contributed by atoms with Gasteiger partial charge < -0.3 is 9.84 Å². The fraction of sp³-hybridized carbons (Fsp3) is 0.455. The molecule has 0 aliphatic carbocycles. The van der Waals surface area contributed by atoms with Crippen LogP contribution in [0.1, 0.15) is 5.56 Å². The van der Waals surface area contributed by atoms with Gasteiger partial charge >= 0.3 is 5.69 Å². The first-order valence-corrected chi connectivity index (χ1v) is 7.40. The standard InChI is InChI=1S/C11H15FN2O6S/c1-8-6-9(7-10(11(8)12)14(16)17)21(18,19)13-2-4-20-5-3-15/h6-7,13,15H,2-5H2,1H3. The summed E-state index contributed by atoms with van der Waals surface area (Å²) in [6.07, 6.45) is 0. The molecule has 0 aromatic heterocycles. The summed E-state index contributed by atoms with van der Waals surface area (Å²) >= 11 is 0. The summed E-state index contributed by atoms with van der Waals surface area (Å²) in [5.74, 6) is -1.06. The molecule has 1 aromatic carbocycles. The quantitative estimate of drug-likeness (QED) is 0.404. The van der Waals surface area contributed by atoms with Gasteiger partial charge in [0.25, 0.3) is 0 Å². The second-order valence-electron chi connectivity index (χ2n) is 4.06.